The molecule has 0 aromatic heterocycles. The minimum atomic E-state index is -2.95. The fourth-order valence-corrected chi connectivity index (χ4v) is 4.28. The minimum Gasteiger partial charge on any atom is -0.310 e. The van der Waals surface area contributed by atoms with Gasteiger partial charge in [-0.3, -0.25) is 4.90 Å². The maximum Gasteiger partial charge on any atom is 0.173 e. The highest BCUT2D eigenvalue weighted by Crippen LogP contribution is 2.24. The molecule has 1 N–H and O–H groups in total. The normalized spacial score (nSPS) is 31.3. The molecule has 1 atom stereocenters. The monoisotopic (exact) mass is 272 g/mol. The summed E-state index contributed by atoms with van der Waals surface area (Å²) in [4.78, 5) is 2.34. The van der Waals surface area contributed by atoms with Gasteiger partial charge in [0.05, 0.1) is 5.75 Å². The smallest absolute Gasteiger partial charge is 0.173 e. The van der Waals surface area contributed by atoms with Crippen molar-refractivity contribution in [1.29, 1.82) is 0 Å². The van der Waals surface area contributed by atoms with Gasteiger partial charge >= 0.3 is 0 Å². The molecule has 2 rings (SSSR count). The van der Waals surface area contributed by atoms with Gasteiger partial charge in [0, 0.05) is 30.1 Å². The van der Waals surface area contributed by atoms with Gasteiger partial charge in [0.2, 0.25) is 0 Å². The van der Waals surface area contributed by atoms with Gasteiger partial charge in [0.1, 0.15) is 0 Å². The van der Waals surface area contributed by atoms with Crippen LogP contribution in [-0.2, 0) is 9.84 Å². The number of nitrogens with one attached hydrogen (secondary N) is 1. The van der Waals surface area contributed by atoms with E-state index in [-0.39, 0.29) is 17.3 Å². The number of hydrogen-bond donors (Lipinski definition) is 1. The third-order valence-electron chi connectivity index (χ3n) is 4.36. The van der Waals surface area contributed by atoms with Crippen LogP contribution in [0.4, 0.5) is 0 Å². The molecule has 5 heteroatoms. The molecule has 104 valence electrons. The Balaban J connectivity index is 2.11. The maximum atomic E-state index is 11.5. The van der Waals surface area contributed by atoms with E-state index in [9.17, 15) is 8.42 Å². The molecule has 2 aliphatic heterocycles. The highest BCUT2D eigenvalue weighted by atomic mass is 32.2. The van der Waals surface area contributed by atoms with Crippen molar-refractivity contribution in [3.05, 3.63) is 11.5 Å². The van der Waals surface area contributed by atoms with E-state index in [1.54, 1.807) is 0 Å². The predicted octanol–water partition coefficient (Wildman–Crippen LogP) is 1.15. The van der Waals surface area contributed by atoms with E-state index in [0.29, 0.717) is 0 Å². The summed E-state index contributed by atoms with van der Waals surface area (Å²) in [6, 6.07) is 0.0763. The summed E-state index contributed by atoms with van der Waals surface area (Å²) in [5, 5.41) is 5.04. The van der Waals surface area contributed by atoms with E-state index in [4.69, 9.17) is 0 Å². The van der Waals surface area contributed by atoms with Gasteiger partial charge in [-0.15, -0.1) is 0 Å². The summed E-state index contributed by atoms with van der Waals surface area (Å²) in [5.74, 6) is 0.260. The lowest BCUT2D eigenvalue weighted by molar-refractivity contribution is 0.179. The quantitative estimate of drug-likeness (QED) is 0.837. The van der Waals surface area contributed by atoms with E-state index in [1.165, 1.54) is 5.41 Å². The molecule has 0 bridgehead atoms. The highest BCUT2D eigenvalue weighted by Gasteiger charge is 2.35. The average Bonchev–Trinajstić information content (AvgIpc) is 2.61. The molecule has 2 heterocycles. The first kappa shape index (κ1) is 14.0. The summed E-state index contributed by atoms with van der Waals surface area (Å²) in [6.45, 7) is 7.38. The van der Waals surface area contributed by atoms with Gasteiger partial charge in [-0.2, -0.15) is 0 Å². The molecular formula is C13H24N2O2S. The van der Waals surface area contributed by atoms with Gasteiger partial charge < -0.3 is 5.32 Å². The summed E-state index contributed by atoms with van der Waals surface area (Å²) >= 11 is 0. The molecule has 18 heavy (non-hydrogen) atoms. The molecule has 0 amide bonds. The zero-order chi connectivity index (χ0) is 13.2. The van der Waals surface area contributed by atoms with Crippen LogP contribution in [-0.4, -0.2) is 50.3 Å². The predicted molar refractivity (Wildman–Crippen MR) is 74.2 cm³/mol. The third-order valence-corrected chi connectivity index (χ3v) is 5.74. The largest absolute Gasteiger partial charge is 0.310 e. The van der Waals surface area contributed by atoms with Gasteiger partial charge in [-0.05, 0) is 25.8 Å². The molecule has 0 radical (unpaired) electrons. The molecule has 1 saturated heterocycles. The molecule has 0 aromatic carbocycles. The molecule has 1 fully saturated rings. The van der Waals surface area contributed by atoms with Crippen molar-refractivity contribution in [2.24, 2.45) is 0 Å². The van der Waals surface area contributed by atoms with Crippen molar-refractivity contribution in [3.8, 4) is 0 Å². The second-order valence-corrected chi connectivity index (χ2v) is 7.39. The molecule has 0 spiro atoms. The highest BCUT2D eigenvalue weighted by molar-refractivity contribution is 7.94. The number of rotatable bonds is 3. The first-order valence-electron chi connectivity index (χ1n) is 6.90. The van der Waals surface area contributed by atoms with Crippen LogP contribution in [0.15, 0.2) is 11.5 Å². The Bertz CT molecular complexity index is 413. The number of nitrogens with zero attached hydrogens (tertiary/aromatic N) is 1. The fraction of sp³-hybridized carbons (Fsp3) is 0.846. The van der Waals surface area contributed by atoms with Crippen LogP contribution in [0.2, 0.25) is 0 Å². The molecule has 0 aliphatic carbocycles. The Labute approximate surface area is 110 Å². The second kappa shape index (κ2) is 5.31. The summed E-state index contributed by atoms with van der Waals surface area (Å²) < 4.78 is 23.1. The van der Waals surface area contributed by atoms with E-state index < -0.39 is 9.84 Å². The van der Waals surface area contributed by atoms with Crippen LogP contribution < -0.4 is 5.32 Å². The van der Waals surface area contributed by atoms with Crippen molar-refractivity contribution in [1.82, 2.24) is 10.2 Å². The standard InChI is InChI=1S/C13H24N2O2S/c1-3-13(4-2)11-15(8-5-7-14-13)12-6-9-18(16,17)10-12/h6,9,12,14H,3-5,7-8,10-11H2,1-2H3. The van der Waals surface area contributed by atoms with E-state index in [0.717, 1.165) is 38.9 Å². The Hall–Kier alpha value is -0.390. The van der Waals surface area contributed by atoms with Crippen LogP contribution in [0.3, 0.4) is 0 Å². The van der Waals surface area contributed by atoms with Crippen LogP contribution in [0.5, 0.6) is 0 Å². The zero-order valence-corrected chi connectivity index (χ0v) is 12.2. The van der Waals surface area contributed by atoms with Gasteiger partial charge in [0.25, 0.3) is 0 Å². The number of hydrogen-bond acceptors (Lipinski definition) is 4. The summed E-state index contributed by atoms with van der Waals surface area (Å²) in [7, 11) is -2.95. The van der Waals surface area contributed by atoms with Crippen molar-refractivity contribution >= 4 is 9.84 Å². The number of sulfone groups is 1. The molecule has 1 unspecified atom stereocenters. The fourth-order valence-electron chi connectivity index (χ4n) is 2.95. The summed E-state index contributed by atoms with van der Waals surface area (Å²) in [6.07, 6.45) is 5.12. The van der Waals surface area contributed by atoms with E-state index in [2.05, 4.69) is 24.1 Å². The first-order chi connectivity index (χ1) is 8.50. The molecule has 4 nitrogen and oxygen atoms in total. The van der Waals surface area contributed by atoms with Crippen molar-refractivity contribution < 1.29 is 8.42 Å². The van der Waals surface area contributed by atoms with Crippen LogP contribution in [0, 0.1) is 0 Å². The van der Waals surface area contributed by atoms with Gasteiger partial charge in [-0.25, -0.2) is 8.42 Å². The van der Waals surface area contributed by atoms with Crippen molar-refractivity contribution in [2.45, 2.75) is 44.7 Å². The van der Waals surface area contributed by atoms with Gasteiger partial charge in [0.15, 0.2) is 9.84 Å². The Kier molecular flexibility index (Phi) is 4.14. The van der Waals surface area contributed by atoms with E-state index in [1.807, 2.05) is 6.08 Å². The Morgan fingerprint density at radius 1 is 1.39 bits per heavy atom. The van der Waals surface area contributed by atoms with Crippen molar-refractivity contribution in [3.63, 3.8) is 0 Å². The maximum absolute atomic E-state index is 11.5. The zero-order valence-electron chi connectivity index (χ0n) is 11.4. The lowest BCUT2D eigenvalue weighted by Crippen LogP contribution is -2.52. The lowest BCUT2D eigenvalue weighted by atomic mass is 9.92. The Morgan fingerprint density at radius 3 is 2.67 bits per heavy atom. The molecule has 2 aliphatic rings. The van der Waals surface area contributed by atoms with E-state index >= 15 is 0 Å². The second-order valence-electron chi connectivity index (χ2n) is 5.46. The molecule has 0 aromatic rings. The topological polar surface area (TPSA) is 49.4 Å². The lowest BCUT2D eigenvalue weighted by Gasteiger charge is -2.37. The van der Waals surface area contributed by atoms with Crippen LogP contribution in [0.1, 0.15) is 33.1 Å². The minimum absolute atomic E-state index is 0.0763. The molecular weight excluding hydrogens is 248 g/mol. The SMILES string of the molecule is CCC1(CC)CN(C2C=CS(=O)(=O)C2)CCCN1. The van der Waals surface area contributed by atoms with Gasteiger partial charge in [-0.1, -0.05) is 19.9 Å². The summed E-state index contributed by atoms with van der Waals surface area (Å²) in [5.41, 5.74) is 0.149. The third kappa shape index (κ3) is 2.95. The average molecular weight is 272 g/mol. The van der Waals surface area contributed by atoms with Crippen LogP contribution in [0.25, 0.3) is 0 Å². The molecule has 0 saturated carbocycles. The Morgan fingerprint density at radius 2 is 2.11 bits per heavy atom. The van der Waals surface area contributed by atoms with Crippen LogP contribution >= 0.6 is 0 Å². The van der Waals surface area contributed by atoms with Crippen molar-refractivity contribution in [2.75, 3.05) is 25.4 Å². The first-order valence-corrected chi connectivity index (χ1v) is 8.62.